The van der Waals surface area contributed by atoms with Crippen LogP contribution in [0.1, 0.15) is 30.2 Å². The molecule has 0 saturated heterocycles. The summed E-state index contributed by atoms with van der Waals surface area (Å²) in [5, 5.41) is 2.13. The topological polar surface area (TPSA) is 26.0 Å². The predicted octanol–water partition coefficient (Wildman–Crippen LogP) is 2.79. The summed E-state index contributed by atoms with van der Waals surface area (Å²) in [4.78, 5) is 1.38. The van der Waals surface area contributed by atoms with E-state index in [1.165, 1.54) is 24.1 Å². The van der Waals surface area contributed by atoms with Crippen molar-refractivity contribution in [3.63, 3.8) is 0 Å². The molecular formula is C11H15NS. The van der Waals surface area contributed by atoms with Crippen LogP contribution in [0, 0.1) is 17.8 Å². The minimum absolute atomic E-state index is 0.327. The van der Waals surface area contributed by atoms with E-state index in [1.54, 1.807) is 0 Å². The van der Waals surface area contributed by atoms with Gasteiger partial charge < -0.3 is 5.73 Å². The zero-order chi connectivity index (χ0) is 8.84. The molecule has 0 bridgehead atoms. The monoisotopic (exact) mass is 193 g/mol. The largest absolute Gasteiger partial charge is 0.323 e. The maximum absolute atomic E-state index is 6.24. The second kappa shape index (κ2) is 2.82. The van der Waals surface area contributed by atoms with Crippen molar-refractivity contribution in [2.45, 2.75) is 25.3 Å². The molecule has 2 aliphatic carbocycles. The molecule has 2 N–H and O–H groups in total. The first-order valence-electron chi connectivity index (χ1n) is 5.13. The Bertz CT molecular complexity index is 283. The summed E-state index contributed by atoms with van der Waals surface area (Å²) in [6.07, 6.45) is 4.28. The van der Waals surface area contributed by atoms with E-state index in [0.717, 1.165) is 17.8 Å². The van der Waals surface area contributed by atoms with E-state index < -0.39 is 0 Å². The van der Waals surface area contributed by atoms with Gasteiger partial charge in [0.25, 0.3) is 0 Å². The van der Waals surface area contributed by atoms with Crippen LogP contribution in [0.3, 0.4) is 0 Å². The normalized spacial score (nSPS) is 38.7. The van der Waals surface area contributed by atoms with Crippen LogP contribution in [0.15, 0.2) is 17.5 Å². The second-order valence-electron chi connectivity index (χ2n) is 4.53. The molecule has 2 heteroatoms. The molecule has 1 heterocycles. The molecule has 0 spiro atoms. The van der Waals surface area contributed by atoms with Gasteiger partial charge in [-0.05, 0) is 48.5 Å². The SMILES string of the molecule is NC(c1cccs1)C1CC2CC2C1. The van der Waals surface area contributed by atoms with Gasteiger partial charge in [-0.1, -0.05) is 6.07 Å². The van der Waals surface area contributed by atoms with E-state index in [2.05, 4.69) is 17.5 Å². The Morgan fingerprint density at radius 3 is 2.69 bits per heavy atom. The molecule has 3 unspecified atom stereocenters. The third-order valence-electron chi connectivity index (χ3n) is 3.66. The molecule has 2 saturated carbocycles. The molecule has 0 amide bonds. The maximum atomic E-state index is 6.24. The number of fused-ring (bicyclic) bond motifs is 1. The van der Waals surface area contributed by atoms with E-state index in [-0.39, 0.29) is 0 Å². The Labute approximate surface area is 83.0 Å². The maximum Gasteiger partial charge on any atom is 0.0418 e. The van der Waals surface area contributed by atoms with Gasteiger partial charge >= 0.3 is 0 Å². The standard InChI is InChI=1S/C11H15NS/c12-11(10-2-1-3-13-10)9-5-7-4-8(7)6-9/h1-3,7-9,11H,4-6,12H2. The zero-order valence-electron chi connectivity index (χ0n) is 7.65. The zero-order valence-corrected chi connectivity index (χ0v) is 8.46. The van der Waals surface area contributed by atoms with Gasteiger partial charge in [-0.15, -0.1) is 11.3 Å². The molecule has 1 aromatic heterocycles. The first kappa shape index (κ1) is 8.01. The van der Waals surface area contributed by atoms with E-state index in [9.17, 15) is 0 Å². The highest BCUT2D eigenvalue weighted by Crippen LogP contribution is 2.56. The summed E-state index contributed by atoms with van der Waals surface area (Å²) in [6.45, 7) is 0. The van der Waals surface area contributed by atoms with Crippen LogP contribution in [-0.4, -0.2) is 0 Å². The first-order valence-corrected chi connectivity index (χ1v) is 6.01. The lowest BCUT2D eigenvalue weighted by Crippen LogP contribution is -2.19. The van der Waals surface area contributed by atoms with Gasteiger partial charge in [0.1, 0.15) is 0 Å². The fourth-order valence-corrected chi connectivity index (χ4v) is 3.59. The summed E-state index contributed by atoms with van der Waals surface area (Å²) >= 11 is 1.81. The van der Waals surface area contributed by atoms with E-state index in [1.807, 2.05) is 11.3 Å². The highest BCUT2D eigenvalue weighted by atomic mass is 32.1. The third-order valence-corrected chi connectivity index (χ3v) is 4.63. The molecular weight excluding hydrogens is 178 g/mol. The van der Waals surface area contributed by atoms with Crippen molar-refractivity contribution in [1.29, 1.82) is 0 Å². The van der Waals surface area contributed by atoms with Crippen LogP contribution in [0.2, 0.25) is 0 Å². The molecule has 2 fully saturated rings. The van der Waals surface area contributed by atoms with Crippen molar-refractivity contribution in [3.8, 4) is 0 Å². The summed E-state index contributed by atoms with van der Waals surface area (Å²) in [5.41, 5.74) is 6.24. The van der Waals surface area contributed by atoms with Crippen LogP contribution in [0.4, 0.5) is 0 Å². The van der Waals surface area contributed by atoms with Gasteiger partial charge in [0.05, 0.1) is 0 Å². The lowest BCUT2D eigenvalue weighted by molar-refractivity contribution is 0.408. The Hall–Kier alpha value is -0.340. The van der Waals surface area contributed by atoms with Gasteiger partial charge in [0, 0.05) is 10.9 Å². The summed E-state index contributed by atoms with van der Waals surface area (Å²) in [6, 6.07) is 4.61. The van der Waals surface area contributed by atoms with Gasteiger partial charge in [-0.25, -0.2) is 0 Å². The number of hydrogen-bond donors (Lipinski definition) is 1. The van der Waals surface area contributed by atoms with E-state index in [0.29, 0.717) is 6.04 Å². The number of nitrogens with two attached hydrogens (primary N) is 1. The summed E-state index contributed by atoms with van der Waals surface area (Å²) in [7, 11) is 0. The van der Waals surface area contributed by atoms with Crippen molar-refractivity contribution in [2.24, 2.45) is 23.5 Å². The van der Waals surface area contributed by atoms with Crippen molar-refractivity contribution in [1.82, 2.24) is 0 Å². The molecule has 1 nitrogen and oxygen atoms in total. The molecule has 0 radical (unpaired) electrons. The summed E-state index contributed by atoms with van der Waals surface area (Å²) < 4.78 is 0. The van der Waals surface area contributed by atoms with Crippen LogP contribution >= 0.6 is 11.3 Å². The predicted molar refractivity (Wildman–Crippen MR) is 55.6 cm³/mol. The highest BCUT2D eigenvalue weighted by molar-refractivity contribution is 7.10. The molecule has 3 rings (SSSR count). The van der Waals surface area contributed by atoms with Gasteiger partial charge in [0.2, 0.25) is 0 Å². The third kappa shape index (κ3) is 1.32. The molecule has 2 aliphatic rings. The van der Waals surface area contributed by atoms with Gasteiger partial charge in [0.15, 0.2) is 0 Å². The number of rotatable bonds is 2. The minimum Gasteiger partial charge on any atom is -0.323 e. The van der Waals surface area contributed by atoms with Crippen molar-refractivity contribution < 1.29 is 0 Å². The Morgan fingerprint density at radius 2 is 2.08 bits per heavy atom. The molecule has 0 aromatic carbocycles. The smallest absolute Gasteiger partial charge is 0.0418 e. The first-order chi connectivity index (χ1) is 6.34. The van der Waals surface area contributed by atoms with Crippen molar-refractivity contribution >= 4 is 11.3 Å². The van der Waals surface area contributed by atoms with Gasteiger partial charge in [-0.3, -0.25) is 0 Å². The Kier molecular flexibility index (Phi) is 1.74. The number of thiophene rings is 1. The fourth-order valence-electron chi connectivity index (χ4n) is 2.77. The number of hydrogen-bond acceptors (Lipinski definition) is 2. The lowest BCUT2D eigenvalue weighted by Gasteiger charge is -2.18. The van der Waals surface area contributed by atoms with E-state index >= 15 is 0 Å². The van der Waals surface area contributed by atoms with Gasteiger partial charge in [-0.2, -0.15) is 0 Å². The lowest BCUT2D eigenvalue weighted by atomic mass is 9.94. The average molecular weight is 193 g/mol. The fraction of sp³-hybridized carbons (Fsp3) is 0.636. The molecule has 1 aromatic rings. The average Bonchev–Trinajstić information content (AvgIpc) is 2.63. The quantitative estimate of drug-likeness (QED) is 0.768. The summed E-state index contributed by atoms with van der Waals surface area (Å²) in [5.74, 6) is 2.88. The van der Waals surface area contributed by atoms with Crippen LogP contribution in [0.5, 0.6) is 0 Å². The van der Waals surface area contributed by atoms with Crippen molar-refractivity contribution in [2.75, 3.05) is 0 Å². The highest BCUT2D eigenvalue weighted by Gasteiger charge is 2.47. The van der Waals surface area contributed by atoms with Crippen LogP contribution < -0.4 is 5.73 Å². The van der Waals surface area contributed by atoms with E-state index in [4.69, 9.17) is 5.73 Å². The second-order valence-corrected chi connectivity index (χ2v) is 5.51. The Balaban J connectivity index is 1.72. The molecule has 3 atom stereocenters. The van der Waals surface area contributed by atoms with Crippen LogP contribution in [-0.2, 0) is 0 Å². The van der Waals surface area contributed by atoms with Crippen LogP contribution in [0.25, 0.3) is 0 Å². The molecule has 13 heavy (non-hydrogen) atoms. The Morgan fingerprint density at radius 1 is 1.31 bits per heavy atom. The van der Waals surface area contributed by atoms with Crippen molar-refractivity contribution in [3.05, 3.63) is 22.4 Å². The minimum atomic E-state index is 0.327. The molecule has 70 valence electrons. The molecule has 0 aliphatic heterocycles.